The van der Waals surface area contributed by atoms with Gasteiger partial charge in [0.25, 0.3) is 0 Å². The minimum atomic E-state index is 0.151. The molecule has 0 saturated heterocycles. The second kappa shape index (κ2) is 4.95. The van der Waals surface area contributed by atoms with Crippen molar-refractivity contribution in [3.8, 4) is 0 Å². The van der Waals surface area contributed by atoms with Crippen LogP contribution in [0.25, 0.3) is 0 Å². The van der Waals surface area contributed by atoms with Crippen LogP contribution in [0.15, 0.2) is 34.4 Å². The summed E-state index contributed by atoms with van der Waals surface area (Å²) >= 11 is 0. The van der Waals surface area contributed by atoms with Crippen LogP contribution < -0.4 is 0 Å². The maximum atomic E-state index is 9.96. The van der Waals surface area contributed by atoms with Crippen LogP contribution in [0.4, 0.5) is 0 Å². The molecule has 0 radical (unpaired) electrons. The molecule has 66 valence electrons. The van der Waals surface area contributed by atoms with Crippen LogP contribution in [-0.4, -0.2) is 6.08 Å². The summed E-state index contributed by atoms with van der Waals surface area (Å²) in [6.45, 7) is 0.453. The maximum Gasteiger partial charge on any atom is 0.235 e. The number of nitrogens with zero attached hydrogens (tertiary/aromatic N) is 2. The first-order valence-electron chi connectivity index (χ1n) is 3.77. The number of isocyanates is 1. The lowest BCUT2D eigenvalue weighted by molar-refractivity contribution is 0.563. The van der Waals surface area contributed by atoms with E-state index >= 15 is 0 Å². The predicted molar refractivity (Wildman–Crippen MR) is 47.8 cm³/mol. The molecule has 1 aromatic carbocycles. The Hall–Kier alpha value is -1.80. The van der Waals surface area contributed by atoms with E-state index in [0.29, 0.717) is 6.54 Å². The van der Waals surface area contributed by atoms with Gasteiger partial charge in [-0.1, -0.05) is 29.4 Å². The molecule has 1 rings (SSSR count). The number of nitroso groups, excluding NO2 is 1. The Labute approximate surface area is 75.3 Å². The highest BCUT2D eigenvalue weighted by molar-refractivity contribution is 5.34. The van der Waals surface area contributed by atoms with Gasteiger partial charge in [0, 0.05) is 0 Å². The SMILES string of the molecule is O=C=NCc1cccc(CN=O)c1. The van der Waals surface area contributed by atoms with Crippen LogP contribution >= 0.6 is 0 Å². The fourth-order valence-electron chi connectivity index (χ4n) is 1.02. The number of aliphatic imine (C=N–C) groups is 1. The van der Waals surface area contributed by atoms with Crippen molar-refractivity contribution in [1.82, 2.24) is 0 Å². The average molecular weight is 176 g/mol. The second-order valence-corrected chi connectivity index (χ2v) is 2.51. The molecule has 0 aliphatic carbocycles. The third kappa shape index (κ3) is 2.97. The Balaban J connectivity index is 2.78. The monoisotopic (exact) mass is 176 g/mol. The lowest BCUT2D eigenvalue weighted by atomic mass is 10.1. The van der Waals surface area contributed by atoms with Gasteiger partial charge in [-0.25, -0.2) is 9.79 Å². The predicted octanol–water partition coefficient (Wildman–Crippen LogP) is 1.79. The van der Waals surface area contributed by atoms with Gasteiger partial charge in [-0.2, -0.15) is 4.91 Å². The van der Waals surface area contributed by atoms with Gasteiger partial charge in [-0.15, -0.1) is 0 Å². The van der Waals surface area contributed by atoms with Gasteiger partial charge in [-0.3, -0.25) is 0 Å². The topological polar surface area (TPSA) is 58.9 Å². The van der Waals surface area contributed by atoms with E-state index in [0.717, 1.165) is 11.1 Å². The Kier molecular flexibility index (Phi) is 3.54. The molecule has 0 atom stereocenters. The largest absolute Gasteiger partial charge is 0.235 e. The van der Waals surface area contributed by atoms with Crippen LogP contribution in [0.1, 0.15) is 11.1 Å². The summed E-state index contributed by atoms with van der Waals surface area (Å²) in [6, 6.07) is 7.23. The third-order valence-electron chi connectivity index (χ3n) is 1.56. The van der Waals surface area contributed by atoms with Gasteiger partial charge < -0.3 is 0 Å². The first kappa shape index (κ1) is 9.29. The summed E-state index contributed by atoms with van der Waals surface area (Å²) in [5, 5.41) is 2.77. The zero-order valence-electron chi connectivity index (χ0n) is 6.93. The molecule has 0 N–H and O–H groups in total. The van der Waals surface area contributed by atoms with Crippen molar-refractivity contribution in [2.24, 2.45) is 10.2 Å². The van der Waals surface area contributed by atoms with E-state index in [9.17, 15) is 9.70 Å². The minimum absolute atomic E-state index is 0.151. The van der Waals surface area contributed by atoms with E-state index in [1.165, 1.54) is 6.08 Å². The zero-order valence-corrected chi connectivity index (χ0v) is 6.93. The van der Waals surface area contributed by atoms with Crippen LogP contribution in [0.5, 0.6) is 0 Å². The molecule has 0 amide bonds. The van der Waals surface area contributed by atoms with E-state index in [4.69, 9.17) is 0 Å². The van der Waals surface area contributed by atoms with E-state index in [-0.39, 0.29) is 6.54 Å². The van der Waals surface area contributed by atoms with E-state index in [1.54, 1.807) is 18.2 Å². The Morgan fingerprint density at radius 2 is 1.92 bits per heavy atom. The Bertz CT molecular complexity index is 343. The van der Waals surface area contributed by atoms with Crippen LogP contribution in [0.2, 0.25) is 0 Å². The first-order chi connectivity index (χ1) is 6.36. The quantitative estimate of drug-likeness (QED) is 0.399. The number of hydrogen-bond acceptors (Lipinski definition) is 4. The third-order valence-corrected chi connectivity index (χ3v) is 1.56. The van der Waals surface area contributed by atoms with Crippen molar-refractivity contribution in [1.29, 1.82) is 0 Å². The highest BCUT2D eigenvalue weighted by Crippen LogP contribution is 2.07. The highest BCUT2D eigenvalue weighted by atomic mass is 16.3. The zero-order chi connectivity index (χ0) is 9.52. The number of rotatable bonds is 4. The lowest BCUT2D eigenvalue weighted by Crippen LogP contribution is -1.85. The van der Waals surface area contributed by atoms with Crippen molar-refractivity contribution in [2.45, 2.75) is 13.1 Å². The van der Waals surface area contributed by atoms with Gasteiger partial charge in [0.05, 0.1) is 6.54 Å². The molecule has 13 heavy (non-hydrogen) atoms. The average Bonchev–Trinajstić information content (AvgIpc) is 2.16. The van der Waals surface area contributed by atoms with Crippen molar-refractivity contribution < 1.29 is 4.79 Å². The summed E-state index contributed by atoms with van der Waals surface area (Å²) in [6.07, 6.45) is 1.46. The fourth-order valence-corrected chi connectivity index (χ4v) is 1.02. The van der Waals surface area contributed by atoms with Gasteiger partial charge >= 0.3 is 0 Å². The Morgan fingerprint density at radius 3 is 2.54 bits per heavy atom. The molecule has 4 nitrogen and oxygen atoms in total. The van der Waals surface area contributed by atoms with Crippen LogP contribution in [0, 0.1) is 4.91 Å². The van der Waals surface area contributed by atoms with Gasteiger partial charge in [-0.05, 0) is 11.1 Å². The second-order valence-electron chi connectivity index (χ2n) is 2.51. The summed E-state index contributed by atoms with van der Waals surface area (Å²) in [5.74, 6) is 0. The summed E-state index contributed by atoms with van der Waals surface area (Å²) in [5.41, 5.74) is 1.71. The van der Waals surface area contributed by atoms with E-state index < -0.39 is 0 Å². The molecule has 0 aliphatic rings. The highest BCUT2D eigenvalue weighted by Gasteiger charge is 1.94. The molecule has 0 saturated carbocycles. The molecular formula is C9H8N2O2. The first-order valence-corrected chi connectivity index (χ1v) is 3.77. The summed E-state index contributed by atoms with van der Waals surface area (Å²) < 4.78 is 0. The van der Waals surface area contributed by atoms with Crippen molar-refractivity contribution >= 4 is 6.08 Å². The molecule has 0 unspecified atom stereocenters. The van der Waals surface area contributed by atoms with Gasteiger partial charge in [0.2, 0.25) is 6.08 Å². The molecule has 0 heterocycles. The number of carbonyl (C=O) groups excluding carboxylic acids is 1. The molecule has 0 fully saturated rings. The Morgan fingerprint density at radius 1 is 1.23 bits per heavy atom. The minimum Gasteiger partial charge on any atom is -0.211 e. The lowest BCUT2D eigenvalue weighted by Gasteiger charge is -1.97. The molecule has 1 aromatic rings. The van der Waals surface area contributed by atoms with Crippen LogP contribution in [0.3, 0.4) is 0 Å². The van der Waals surface area contributed by atoms with E-state index in [1.807, 2.05) is 6.07 Å². The smallest absolute Gasteiger partial charge is 0.211 e. The van der Waals surface area contributed by atoms with Gasteiger partial charge in [0.1, 0.15) is 6.54 Å². The molecule has 0 bridgehead atoms. The molecular weight excluding hydrogens is 168 g/mol. The van der Waals surface area contributed by atoms with E-state index in [2.05, 4.69) is 10.2 Å². The summed E-state index contributed by atoms with van der Waals surface area (Å²) in [7, 11) is 0. The number of hydrogen-bond donors (Lipinski definition) is 0. The number of benzene rings is 1. The fraction of sp³-hybridized carbons (Fsp3) is 0.222. The molecule has 4 heteroatoms. The van der Waals surface area contributed by atoms with Crippen molar-refractivity contribution in [2.75, 3.05) is 0 Å². The normalized spacial score (nSPS) is 8.92. The molecule has 0 aliphatic heterocycles. The van der Waals surface area contributed by atoms with Crippen molar-refractivity contribution in [3.63, 3.8) is 0 Å². The van der Waals surface area contributed by atoms with Crippen LogP contribution in [-0.2, 0) is 17.9 Å². The maximum absolute atomic E-state index is 9.96. The van der Waals surface area contributed by atoms with Gasteiger partial charge in [0.15, 0.2) is 0 Å². The molecule has 0 spiro atoms. The van der Waals surface area contributed by atoms with Crippen molar-refractivity contribution in [3.05, 3.63) is 40.3 Å². The standard InChI is InChI=1S/C9H8N2O2/c12-7-10-5-8-2-1-3-9(4-8)6-11-13/h1-4H,5-6H2. The summed E-state index contributed by atoms with van der Waals surface area (Å²) in [4.78, 5) is 23.2. The molecule has 0 aromatic heterocycles.